The SMILES string of the molecule is CCc1ccc(OCC(=O)NNC(=O)CC(=O)OC)c(Br)c1. The number of esters is 1. The summed E-state index contributed by atoms with van der Waals surface area (Å²) in [5, 5.41) is 0. The Bertz CT molecular complexity index is 562. The number of benzene rings is 1. The van der Waals surface area contributed by atoms with Gasteiger partial charge in [-0.05, 0) is 40.0 Å². The fraction of sp³-hybridized carbons (Fsp3) is 0.357. The minimum Gasteiger partial charge on any atom is -0.483 e. The number of halogens is 1. The molecule has 0 saturated carbocycles. The summed E-state index contributed by atoms with van der Waals surface area (Å²) in [4.78, 5) is 33.6. The number of aryl methyl sites for hydroxylation is 1. The summed E-state index contributed by atoms with van der Waals surface area (Å²) < 4.78 is 10.4. The number of hydrogen-bond acceptors (Lipinski definition) is 5. The summed E-state index contributed by atoms with van der Waals surface area (Å²) in [6, 6.07) is 5.56. The van der Waals surface area contributed by atoms with Gasteiger partial charge in [-0.25, -0.2) is 0 Å². The third kappa shape index (κ3) is 6.13. The molecule has 22 heavy (non-hydrogen) atoms. The molecule has 0 spiro atoms. The van der Waals surface area contributed by atoms with Crippen molar-refractivity contribution in [2.24, 2.45) is 0 Å². The molecule has 0 bridgehead atoms. The molecule has 2 amide bonds. The maximum atomic E-state index is 11.5. The van der Waals surface area contributed by atoms with Gasteiger partial charge in [-0.15, -0.1) is 0 Å². The number of hydrogen-bond donors (Lipinski definition) is 2. The minimum absolute atomic E-state index is 0.275. The monoisotopic (exact) mass is 372 g/mol. The highest BCUT2D eigenvalue weighted by Gasteiger charge is 2.11. The zero-order valence-corrected chi connectivity index (χ0v) is 13.9. The van der Waals surface area contributed by atoms with Crippen molar-refractivity contribution in [3.63, 3.8) is 0 Å². The van der Waals surface area contributed by atoms with Gasteiger partial charge in [0.15, 0.2) is 6.61 Å². The second-order valence-corrected chi connectivity index (χ2v) is 5.11. The fourth-order valence-corrected chi connectivity index (χ4v) is 1.99. The van der Waals surface area contributed by atoms with Crippen molar-refractivity contribution >= 4 is 33.7 Å². The van der Waals surface area contributed by atoms with E-state index in [1.165, 1.54) is 7.11 Å². The first-order valence-electron chi connectivity index (χ1n) is 6.52. The summed E-state index contributed by atoms with van der Waals surface area (Å²) in [5.41, 5.74) is 5.36. The van der Waals surface area contributed by atoms with Crippen LogP contribution in [0.5, 0.6) is 5.75 Å². The molecule has 0 aliphatic carbocycles. The van der Waals surface area contributed by atoms with E-state index >= 15 is 0 Å². The fourth-order valence-electron chi connectivity index (χ4n) is 1.45. The van der Waals surface area contributed by atoms with Gasteiger partial charge in [0, 0.05) is 0 Å². The predicted octanol–water partition coefficient (Wildman–Crippen LogP) is 1.10. The van der Waals surface area contributed by atoms with Crippen LogP contribution in [0.1, 0.15) is 18.9 Å². The molecule has 2 N–H and O–H groups in total. The molecular weight excluding hydrogens is 356 g/mol. The summed E-state index contributed by atoms with van der Waals surface area (Å²) in [5.74, 6) is -1.39. The minimum atomic E-state index is -0.692. The first kappa shape index (κ1) is 18.0. The van der Waals surface area contributed by atoms with Crippen molar-refractivity contribution in [3.05, 3.63) is 28.2 Å². The number of rotatable bonds is 6. The standard InChI is InChI=1S/C14H17BrN2O5/c1-3-9-4-5-11(10(15)6-9)22-8-13(19)17-16-12(18)7-14(20)21-2/h4-6H,3,7-8H2,1-2H3,(H,16,18)(H,17,19). The summed E-state index contributed by atoms with van der Waals surface area (Å²) in [6.07, 6.45) is 0.424. The van der Waals surface area contributed by atoms with Crippen molar-refractivity contribution in [2.45, 2.75) is 19.8 Å². The van der Waals surface area contributed by atoms with Crippen LogP contribution in [0, 0.1) is 0 Å². The van der Waals surface area contributed by atoms with Gasteiger partial charge >= 0.3 is 5.97 Å². The highest BCUT2D eigenvalue weighted by atomic mass is 79.9. The van der Waals surface area contributed by atoms with Gasteiger partial charge in [0.05, 0.1) is 11.6 Å². The molecule has 0 atom stereocenters. The normalized spacial score (nSPS) is 9.77. The molecule has 0 radical (unpaired) electrons. The van der Waals surface area contributed by atoms with Crippen LogP contribution in [0.2, 0.25) is 0 Å². The number of carbonyl (C=O) groups excluding carboxylic acids is 3. The van der Waals surface area contributed by atoms with Gasteiger partial charge in [0.25, 0.3) is 5.91 Å². The molecule has 0 unspecified atom stereocenters. The molecule has 7 nitrogen and oxygen atoms in total. The van der Waals surface area contributed by atoms with Gasteiger partial charge in [0.2, 0.25) is 5.91 Å². The van der Waals surface area contributed by atoms with E-state index in [-0.39, 0.29) is 6.61 Å². The van der Waals surface area contributed by atoms with Crippen molar-refractivity contribution in [1.29, 1.82) is 0 Å². The molecule has 0 aromatic heterocycles. The lowest BCUT2D eigenvalue weighted by molar-refractivity contribution is -0.144. The topological polar surface area (TPSA) is 93.7 Å². The number of amides is 2. The van der Waals surface area contributed by atoms with E-state index < -0.39 is 24.2 Å². The Balaban J connectivity index is 2.37. The number of hydrazine groups is 1. The first-order chi connectivity index (χ1) is 10.5. The molecule has 8 heteroatoms. The van der Waals surface area contributed by atoms with Crippen LogP contribution >= 0.6 is 15.9 Å². The first-order valence-corrected chi connectivity index (χ1v) is 7.31. The molecule has 0 aliphatic rings. The van der Waals surface area contributed by atoms with Gasteiger partial charge in [0.1, 0.15) is 12.2 Å². The third-order valence-corrected chi connectivity index (χ3v) is 3.26. The second-order valence-electron chi connectivity index (χ2n) is 4.26. The Morgan fingerprint density at radius 2 is 1.86 bits per heavy atom. The molecule has 0 aliphatic heterocycles. The van der Waals surface area contributed by atoms with E-state index in [0.717, 1.165) is 16.5 Å². The van der Waals surface area contributed by atoms with Crippen LogP contribution in [-0.2, 0) is 25.5 Å². The van der Waals surface area contributed by atoms with Crippen molar-refractivity contribution < 1.29 is 23.9 Å². The molecule has 0 saturated heterocycles. The van der Waals surface area contributed by atoms with E-state index in [1.807, 2.05) is 19.1 Å². The Morgan fingerprint density at radius 3 is 2.45 bits per heavy atom. The summed E-state index contributed by atoms with van der Waals surface area (Å²) in [7, 11) is 1.17. The molecular formula is C14H17BrN2O5. The Hall–Kier alpha value is -2.09. The second kappa shape index (κ2) is 9.04. The zero-order valence-electron chi connectivity index (χ0n) is 12.3. The maximum absolute atomic E-state index is 11.5. The lowest BCUT2D eigenvalue weighted by atomic mass is 10.2. The van der Waals surface area contributed by atoms with Gasteiger partial charge in [-0.2, -0.15) is 0 Å². The largest absolute Gasteiger partial charge is 0.483 e. The molecule has 0 heterocycles. The smallest absolute Gasteiger partial charge is 0.315 e. The average molecular weight is 373 g/mol. The van der Waals surface area contributed by atoms with E-state index in [1.54, 1.807) is 6.07 Å². The quantitative estimate of drug-likeness (QED) is 0.443. The predicted molar refractivity (Wildman–Crippen MR) is 81.9 cm³/mol. The number of ether oxygens (including phenoxy) is 2. The lowest BCUT2D eigenvalue weighted by Gasteiger charge is -2.10. The molecule has 120 valence electrons. The Labute approximate surface area is 136 Å². The molecule has 1 rings (SSSR count). The van der Waals surface area contributed by atoms with Crippen molar-refractivity contribution in [3.8, 4) is 5.75 Å². The maximum Gasteiger partial charge on any atom is 0.315 e. The van der Waals surface area contributed by atoms with Gasteiger partial charge < -0.3 is 9.47 Å². The third-order valence-electron chi connectivity index (χ3n) is 2.64. The van der Waals surface area contributed by atoms with Crippen molar-refractivity contribution in [2.75, 3.05) is 13.7 Å². The van der Waals surface area contributed by atoms with Gasteiger partial charge in [-0.3, -0.25) is 25.2 Å². The Kier molecular flexibility index (Phi) is 7.38. The van der Waals surface area contributed by atoms with E-state index in [2.05, 4.69) is 31.5 Å². The van der Waals surface area contributed by atoms with Crippen molar-refractivity contribution in [1.82, 2.24) is 10.9 Å². The van der Waals surface area contributed by atoms with Crippen LogP contribution in [0.15, 0.2) is 22.7 Å². The number of carbonyl (C=O) groups is 3. The molecule has 1 aromatic rings. The number of nitrogens with one attached hydrogen (secondary N) is 2. The molecule has 1 aromatic carbocycles. The summed E-state index contributed by atoms with van der Waals surface area (Å²) in [6.45, 7) is 1.76. The average Bonchev–Trinajstić information content (AvgIpc) is 2.51. The van der Waals surface area contributed by atoms with Crippen LogP contribution < -0.4 is 15.6 Å². The van der Waals surface area contributed by atoms with Crippen LogP contribution in [0.3, 0.4) is 0 Å². The van der Waals surface area contributed by atoms with Gasteiger partial charge in [-0.1, -0.05) is 13.0 Å². The molecule has 0 fully saturated rings. The van der Waals surface area contributed by atoms with Crippen LogP contribution in [0.4, 0.5) is 0 Å². The van der Waals surface area contributed by atoms with E-state index in [9.17, 15) is 14.4 Å². The Morgan fingerprint density at radius 1 is 1.18 bits per heavy atom. The van der Waals surface area contributed by atoms with E-state index in [4.69, 9.17) is 4.74 Å². The van der Waals surface area contributed by atoms with Crippen LogP contribution in [-0.4, -0.2) is 31.5 Å². The summed E-state index contributed by atoms with van der Waals surface area (Å²) >= 11 is 3.36. The highest BCUT2D eigenvalue weighted by molar-refractivity contribution is 9.10. The van der Waals surface area contributed by atoms with E-state index in [0.29, 0.717) is 5.75 Å². The zero-order chi connectivity index (χ0) is 16.5. The highest BCUT2D eigenvalue weighted by Crippen LogP contribution is 2.26. The lowest BCUT2D eigenvalue weighted by Crippen LogP contribution is -2.44. The van der Waals surface area contributed by atoms with Crippen LogP contribution in [0.25, 0.3) is 0 Å². The number of methoxy groups -OCH3 is 1.